The number of nitro groups is 1. The Hall–Kier alpha value is -3.47. The summed E-state index contributed by atoms with van der Waals surface area (Å²) in [6, 6.07) is 22.2. The minimum absolute atomic E-state index is 0.0758. The highest BCUT2D eigenvalue weighted by atomic mass is 16.6. The van der Waals surface area contributed by atoms with Crippen molar-refractivity contribution in [1.29, 1.82) is 0 Å². The SMILES string of the molecule is O=[N+]([O-])c1cccc(-c2ccccc2-c2nc3ccccc3[nH]2)c1. The molecule has 5 nitrogen and oxygen atoms in total. The van der Waals surface area contributed by atoms with Gasteiger partial charge >= 0.3 is 0 Å². The van der Waals surface area contributed by atoms with Gasteiger partial charge in [-0.25, -0.2) is 4.98 Å². The molecule has 0 aliphatic carbocycles. The predicted octanol–water partition coefficient (Wildman–Crippen LogP) is 4.81. The summed E-state index contributed by atoms with van der Waals surface area (Å²) in [5, 5.41) is 11.0. The zero-order valence-electron chi connectivity index (χ0n) is 12.6. The molecular formula is C19H13N3O2. The van der Waals surface area contributed by atoms with E-state index in [1.54, 1.807) is 12.1 Å². The summed E-state index contributed by atoms with van der Waals surface area (Å²) in [4.78, 5) is 18.6. The zero-order chi connectivity index (χ0) is 16.5. The molecule has 1 heterocycles. The Balaban J connectivity index is 1.89. The molecule has 1 N–H and O–H groups in total. The van der Waals surface area contributed by atoms with Crippen molar-refractivity contribution in [3.63, 3.8) is 0 Å². The minimum Gasteiger partial charge on any atom is -0.338 e. The second-order valence-corrected chi connectivity index (χ2v) is 5.46. The lowest BCUT2D eigenvalue weighted by molar-refractivity contribution is -0.384. The summed E-state index contributed by atoms with van der Waals surface area (Å²) in [5.74, 6) is 0.748. The second-order valence-electron chi connectivity index (χ2n) is 5.46. The maximum Gasteiger partial charge on any atom is 0.270 e. The molecule has 0 radical (unpaired) electrons. The van der Waals surface area contributed by atoms with Crippen molar-refractivity contribution in [3.05, 3.63) is 82.9 Å². The van der Waals surface area contributed by atoms with E-state index in [0.29, 0.717) is 0 Å². The lowest BCUT2D eigenvalue weighted by Crippen LogP contribution is -1.90. The number of hydrogen-bond acceptors (Lipinski definition) is 3. The molecule has 3 aromatic carbocycles. The van der Waals surface area contributed by atoms with E-state index in [-0.39, 0.29) is 10.6 Å². The number of aromatic amines is 1. The van der Waals surface area contributed by atoms with Gasteiger partial charge in [0.1, 0.15) is 5.82 Å². The molecule has 0 saturated heterocycles. The number of non-ortho nitro benzene ring substituents is 1. The van der Waals surface area contributed by atoms with Crippen molar-refractivity contribution in [3.8, 4) is 22.5 Å². The maximum atomic E-state index is 11.0. The average Bonchev–Trinajstić information content (AvgIpc) is 3.06. The van der Waals surface area contributed by atoms with Crippen molar-refractivity contribution >= 4 is 16.7 Å². The van der Waals surface area contributed by atoms with Crippen LogP contribution in [0.15, 0.2) is 72.8 Å². The molecule has 0 spiro atoms. The molecule has 24 heavy (non-hydrogen) atoms. The van der Waals surface area contributed by atoms with Gasteiger partial charge in [-0.05, 0) is 23.3 Å². The third-order valence-electron chi connectivity index (χ3n) is 3.94. The van der Waals surface area contributed by atoms with E-state index >= 15 is 0 Å². The Labute approximate surface area is 137 Å². The fourth-order valence-electron chi connectivity index (χ4n) is 2.81. The predicted molar refractivity (Wildman–Crippen MR) is 93.6 cm³/mol. The van der Waals surface area contributed by atoms with Crippen LogP contribution in [0, 0.1) is 10.1 Å². The molecule has 0 aliphatic rings. The summed E-state index contributed by atoms with van der Waals surface area (Å²) < 4.78 is 0. The Morgan fingerprint density at radius 2 is 1.62 bits per heavy atom. The van der Waals surface area contributed by atoms with Crippen LogP contribution in [0.5, 0.6) is 0 Å². The van der Waals surface area contributed by atoms with Crippen molar-refractivity contribution < 1.29 is 4.92 Å². The van der Waals surface area contributed by atoms with Crippen LogP contribution in [-0.4, -0.2) is 14.9 Å². The minimum atomic E-state index is -0.382. The van der Waals surface area contributed by atoms with Crippen LogP contribution in [-0.2, 0) is 0 Å². The zero-order valence-corrected chi connectivity index (χ0v) is 12.6. The highest BCUT2D eigenvalue weighted by molar-refractivity contribution is 5.86. The number of aromatic nitrogens is 2. The number of hydrogen-bond donors (Lipinski definition) is 1. The highest BCUT2D eigenvalue weighted by Crippen LogP contribution is 2.33. The van der Waals surface area contributed by atoms with Gasteiger partial charge in [-0.3, -0.25) is 10.1 Å². The third-order valence-corrected chi connectivity index (χ3v) is 3.94. The summed E-state index contributed by atoms with van der Waals surface area (Å²) >= 11 is 0. The summed E-state index contributed by atoms with van der Waals surface area (Å²) in [7, 11) is 0. The topological polar surface area (TPSA) is 71.8 Å². The van der Waals surface area contributed by atoms with E-state index in [2.05, 4.69) is 9.97 Å². The number of benzene rings is 3. The van der Waals surface area contributed by atoms with E-state index in [1.807, 2.05) is 54.6 Å². The van der Waals surface area contributed by atoms with Crippen LogP contribution < -0.4 is 0 Å². The molecule has 0 aliphatic heterocycles. The summed E-state index contributed by atoms with van der Waals surface area (Å²) in [6.45, 7) is 0. The molecule has 5 heteroatoms. The van der Waals surface area contributed by atoms with Gasteiger partial charge in [-0.1, -0.05) is 48.5 Å². The quantitative estimate of drug-likeness (QED) is 0.436. The van der Waals surface area contributed by atoms with E-state index < -0.39 is 0 Å². The van der Waals surface area contributed by atoms with Gasteiger partial charge in [0.2, 0.25) is 0 Å². The van der Waals surface area contributed by atoms with Gasteiger partial charge in [0.25, 0.3) is 5.69 Å². The smallest absolute Gasteiger partial charge is 0.270 e. The molecule has 0 saturated carbocycles. The molecule has 0 bridgehead atoms. The van der Waals surface area contributed by atoms with Crippen LogP contribution in [0.2, 0.25) is 0 Å². The van der Waals surface area contributed by atoms with E-state index in [9.17, 15) is 10.1 Å². The van der Waals surface area contributed by atoms with E-state index in [0.717, 1.165) is 33.5 Å². The van der Waals surface area contributed by atoms with Gasteiger partial charge in [0, 0.05) is 17.7 Å². The number of rotatable bonds is 3. The van der Waals surface area contributed by atoms with E-state index in [1.165, 1.54) is 6.07 Å². The van der Waals surface area contributed by atoms with Crippen LogP contribution >= 0.6 is 0 Å². The number of para-hydroxylation sites is 2. The van der Waals surface area contributed by atoms with Crippen LogP contribution in [0.3, 0.4) is 0 Å². The van der Waals surface area contributed by atoms with Gasteiger partial charge in [0.05, 0.1) is 16.0 Å². The van der Waals surface area contributed by atoms with Gasteiger partial charge < -0.3 is 4.98 Å². The molecule has 4 rings (SSSR count). The van der Waals surface area contributed by atoms with Crippen molar-refractivity contribution in [2.75, 3.05) is 0 Å². The monoisotopic (exact) mass is 315 g/mol. The molecule has 0 fully saturated rings. The molecule has 0 amide bonds. The lowest BCUT2D eigenvalue weighted by atomic mass is 9.99. The highest BCUT2D eigenvalue weighted by Gasteiger charge is 2.13. The molecule has 4 aromatic rings. The Morgan fingerprint density at radius 1 is 0.875 bits per heavy atom. The Morgan fingerprint density at radius 3 is 2.42 bits per heavy atom. The molecule has 0 atom stereocenters. The van der Waals surface area contributed by atoms with Crippen LogP contribution in [0.4, 0.5) is 5.69 Å². The van der Waals surface area contributed by atoms with Gasteiger partial charge in [-0.2, -0.15) is 0 Å². The number of nitro benzene ring substituents is 1. The summed E-state index contributed by atoms with van der Waals surface area (Å²) in [6.07, 6.45) is 0. The molecule has 0 unspecified atom stereocenters. The van der Waals surface area contributed by atoms with Gasteiger partial charge in [-0.15, -0.1) is 0 Å². The first kappa shape index (κ1) is 14.1. The molecular weight excluding hydrogens is 302 g/mol. The fraction of sp³-hybridized carbons (Fsp3) is 0. The normalized spacial score (nSPS) is 10.8. The molecule has 116 valence electrons. The number of H-pyrrole nitrogens is 1. The standard InChI is InChI=1S/C19H13N3O2/c23-22(24)14-7-5-6-13(12-14)15-8-1-2-9-16(15)19-20-17-10-3-4-11-18(17)21-19/h1-12H,(H,20,21). The first-order valence-electron chi connectivity index (χ1n) is 7.51. The molecule has 1 aromatic heterocycles. The van der Waals surface area contributed by atoms with Crippen LogP contribution in [0.25, 0.3) is 33.5 Å². The number of imidazole rings is 1. The second kappa shape index (κ2) is 5.62. The first-order valence-corrected chi connectivity index (χ1v) is 7.51. The average molecular weight is 315 g/mol. The third kappa shape index (κ3) is 2.42. The van der Waals surface area contributed by atoms with Crippen molar-refractivity contribution in [1.82, 2.24) is 9.97 Å². The number of nitrogens with zero attached hydrogens (tertiary/aromatic N) is 2. The fourth-order valence-corrected chi connectivity index (χ4v) is 2.81. The van der Waals surface area contributed by atoms with Crippen molar-refractivity contribution in [2.45, 2.75) is 0 Å². The Bertz CT molecular complexity index is 1020. The van der Waals surface area contributed by atoms with Crippen molar-refractivity contribution in [2.24, 2.45) is 0 Å². The van der Waals surface area contributed by atoms with Gasteiger partial charge in [0.15, 0.2) is 0 Å². The Kier molecular flexibility index (Phi) is 3.31. The van der Waals surface area contributed by atoms with Crippen LogP contribution in [0.1, 0.15) is 0 Å². The lowest BCUT2D eigenvalue weighted by Gasteiger charge is -2.07. The number of nitrogens with one attached hydrogen (secondary N) is 1. The number of fused-ring (bicyclic) bond motifs is 1. The maximum absolute atomic E-state index is 11.0. The van der Waals surface area contributed by atoms with E-state index in [4.69, 9.17) is 0 Å². The largest absolute Gasteiger partial charge is 0.338 e. The summed E-state index contributed by atoms with van der Waals surface area (Å²) in [5.41, 5.74) is 4.53. The first-order chi connectivity index (χ1) is 11.7.